The number of nitrogens with zero attached hydrogens (tertiary/aromatic N) is 3. The fourth-order valence-corrected chi connectivity index (χ4v) is 3.51. The van der Waals surface area contributed by atoms with Crippen molar-refractivity contribution in [2.24, 2.45) is 4.36 Å². The van der Waals surface area contributed by atoms with Gasteiger partial charge >= 0.3 is 0 Å². The minimum Gasteiger partial charge on any atom is -0.305 e. The Kier molecular flexibility index (Phi) is 4.69. The maximum Gasteiger partial charge on any atom is 0.275 e. The molecule has 7 heteroatoms. The number of hydrogen-bond acceptors (Lipinski definition) is 3. The highest BCUT2D eigenvalue weighted by Gasteiger charge is 2.31. The molecule has 1 heterocycles. The maximum absolute atomic E-state index is 14.4. The van der Waals surface area contributed by atoms with Crippen LogP contribution in [0.3, 0.4) is 0 Å². The molecule has 1 aromatic carbocycles. The third kappa shape index (κ3) is 3.49. The SMILES string of the molecule is Cc1ccc(N=S(=O)(F)N2CC[C@@H](N(C)C)C2)cc1Cl. The van der Waals surface area contributed by atoms with E-state index in [0.717, 1.165) is 12.0 Å². The van der Waals surface area contributed by atoms with Gasteiger partial charge in [-0.3, -0.25) is 0 Å². The van der Waals surface area contributed by atoms with E-state index in [1.54, 1.807) is 12.1 Å². The van der Waals surface area contributed by atoms with Crippen LogP contribution in [0.15, 0.2) is 22.6 Å². The van der Waals surface area contributed by atoms with Gasteiger partial charge in [0, 0.05) is 24.2 Å². The number of hydrogen-bond donors (Lipinski definition) is 0. The zero-order chi connectivity index (χ0) is 14.9. The van der Waals surface area contributed by atoms with Gasteiger partial charge in [-0.25, -0.2) is 0 Å². The molecule has 1 fully saturated rings. The number of aryl methyl sites for hydroxylation is 1. The van der Waals surface area contributed by atoms with Crippen molar-refractivity contribution in [2.45, 2.75) is 19.4 Å². The number of benzene rings is 1. The Bertz CT molecular complexity index is 614. The van der Waals surface area contributed by atoms with E-state index < -0.39 is 10.3 Å². The summed E-state index contributed by atoms with van der Waals surface area (Å²) in [6, 6.07) is 5.11. The van der Waals surface area contributed by atoms with Gasteiger partial charge in [0.15, 0.2) is 0 Å². The smallest absolute Gasteiger partial charge is 0.275 e. The van der Waals surface area contributed by atoms with Gasteiger partial charge in [0.1, 0.15) is 0 Å². The summed E-state index contributed by atoms with van der Waals surface area (Å²) >= 11 is 5.97. The van der Waals surface area contributed by atoms with Crippen LogP contribution in [0.25, 0.3) is 0 Å². The molecule has 0 N–H and O–H groups in total. The van der Waals surface area contributed by atoms with Crippen molar-refractivity contribution in [3.8, 4) is 0 Å². The van der Waals surface area contributed by atoms with Crippen LogP contribution in [0.5, 0.6) is 0 Å². The molecule has 20 heavy (non-hydrogen) atoms. The highest BCUT2D eigenvalue weighted by molar-refractivity contribution is 7.86. The molecule has 0 bridgehead atoms. The van der Waals surface area contributed by atoms with Gasteiger partial charge in [-0.1, -0.05) is 17.7 Å². The second-order valence-electron chi connectivity index (χ2n) is 5.25. The van der Waals surface area contributed by atoms with E-state index in [-0.39, 0.29) is 6.04 Å². The Labute approximate surface area is 125 Å². The number of likely N-dealkylation sites (N-methyl/N-ethyl adjacent to an activating group) is 1. The van der Waals surface area contributed by atoms with Crippen LogP contribution in [0.1, 0.15) is 12.0 Å². The molecular weight excluding hydrogens is 301 g/mol. The lowest BCUT2D eigenvalue weighted by molar-refractivity contribution is 0.302. The number of halogens is 2. The Morgan fingerprint density at radius 3 is 2.75 bits per heavy atom. The molecule has 1 unspecified atom stereocenters. The lowest BCUT2D eigenvalue weighted by Gasteiger charge is -2.19. The summed E-state index contributed by atoms with van der Waals surface area (Å²) in [5, 5.41) is 0.494. The molecule has 0 aliphatic carbocycles. The molecule has 4 nitrogen and oxygen atoms in total. The van der Waals surface area contributed by atoms with Crippen molar-refractivity contribution in [3.05, 3.63) is 28.8 Å². The van der Waals surface area contributed by atoms with Crippen molar-refractivity contribution in [2.75, 3.05) is 27.2 Å². The molecule has 2 rings (SSSR count). The van der Waals surface area contributed by atoms with Gasteiger partial charge in [0.25, 0.3) is 10.3 Å². The highest BCUT2D eigenvalue weighted by Crippen LogP contribution is 2.26. The molecule has 0 aromatic heterocycles. The second-order valence-corrected chi connectivity index (χ2v) is 7.22. The molecule has 1 aliphatic heterocycles. The van der Waals surface area contributed by atoms with Crippen LogP contribution >= 0.6 is 11.6 Å². The molecule has 1 saturated heterocycles. The summed E-state index contributed by atoms with van der Waals surface area (Å²) in [7, 11) is -0.0148. The first-order chi connectivity index (χ1) is 9.29. The van der Waals surface area contributed by atoms with E-state index in [1.807, 2.05) is 25.9 Å². The van der Waals surface area contributed by atoms with Crippen molar-refractivity contribution in [3.63, 3.8) is 0 Å². The molecule has 1 aliphatic rings. The normalized spacial score (nSPS) is 23.0. The van der Waals surface area contributed by atoms with E-state index in [2.05, 4.69) is 4.36 Å². The molecule has 0 saturated carbocycles. The summed E-state index contributed by atoms with van der Waals surface area (Å²) in [4.78, 5) is 2.01. The predicted octanol–water partition coefficient (Wildman–Crippen LogP) is 3.18. The Morgan fingerprint density at radius 1 is 1.50 bits per heavy atom. The molecule has 0 radical (unpaired) electrons. The first-order valence-corrected chi connectivity index (χ1v) is 8.19. The zero-order valence-electron chi connectivity index (χ0n) is 11.8. The monoisotopic (exact) mass is 319 g/mol. The van der Waals surface area contributed by atoms with Gasteiger partial charge in [-0.15, -0.1) is 3.89 Å². The van der Waals surface area contributed by atoms with Crippen LogP contribution in [0.2, 0.25) is 5.02 Å². The summed E-state index contributed by atoms with van der Waals surface area (Å²) < 4.78 is 31.6. The molecule has 112 valence electrons. The zero-order valence-corrected chi connectivity index (χ0v) is 13.4. The summed E-state index contributed by atoms with van der Waals surface area (Å²) in [5.74, 6) is 0. The van der Waals surface area contributed by atoms with Crippen LogP contribution < -0.4 is 0 Å². The second kappa shape index (κ2) is 5.97. The van der Waals surface area contributed by atoms with Crippen LogP contribution in [-0.4, -0.2) is 46.6 Å². The van der Waals surface area contributed by atoms with Crippen molar-refractivity contribution >= 4 is 27.6 Å². The third-order valence-electron chi connectivity index (χ3n) is 3.55. The van der Waals surface area contributed by atoms with Gasteiger partial charge in [0.2, 0.25) is 0 Å². The third-order valence-corrected chi connectivity index (χ3v) is 5.36. The highest BCUT2D eigenvalue weighted by atomic mass is 35.5. The molecular formula is C13H19ClFN3OS. The summed E-state index contributed by atoms with van der Waals surface area (Å²) in [6.07, 6.45) is 0.790. The quantitative estimate of drug-likeness (QED) is 0.802. The summed E-state index contributed by atoms with van der Waals surface area (Å²) in [5.41, 5.74) is 1.19. The first-order valence-electron chi connectivity index (χ1n) is 6.44. The van der Waals surface area contributed by atoms with Crippen LogP contribution in [0.4, 0.5) is 9.57 Å². The van der Waals surface area contributed by atoms with E-state index in [1.165, 1.54) is 10.4 Å². The maximum atomic E-state index is 14.4. The molecule has 0 amide bonds. The van der Waals surface area contributed by atoms with E-state index in [0.29, 0.717) is 23.8 Å². The Morgan fingerprint density at radius 2 is 2.20 bits per heavy atom. The topological polar surface area (TPSA) is 35.9 Å². The van der Waals surface area contributed by atoms with E-state index >= 15 is 0 Å². The Hall–Kier alpha value is -0.690. The molecule has 2 atom stereocenters. The number of rotatable bonds is 3. The lowest BCUT2D eigenvalue weighted by Crippen LogP contribution is -2.32. The van der Waals surface area contributed by atoms with Gasteiger partial charge in [-0.05, 0) is 45.1 Å². The average molecular weight is 320 g/mol. The fraction of sp³-hybridized carbons (Fsp3) is 0.538. The average Bonchev–Trinajstić information content (AvgIpc) is 2.84. The van der Waals surface area contributed by atoms with Gasteiger partial charge < -0.3 is 4.90 Å². The minimum absolute atomic E-state index is 0.211. The van der Waals surface area contributed by atoms with E-state index in [4.69, 9.17) is 11.6 Å². The van der Waals surface area contributed by atoms with Crippen LogP contribution in [-0.2, 0) is 10.3 Å². The van der Waals surface area contributed by atoms with E-state index in [9.17, 15) is 8.09 Å². The van der Waals surface area contributed by atoms with Crippen molar-refractivity contribution < 1.29 is 8.09 Å². The molecule has 0 spiro atoms. The van der Waals surface area contributed by atoms with Gasteiger partial charge in [-0.2, -0.15) is 12.9 Å². The largest absolute Gasteiger partial charge is 0.305 e. The summed E-state index contributed by atoms with van der Waals surface area (Å²) in [6.45, 7) is 2.72. The standard InChI is InChI=1S/C13H19ClFN3OS/c1-10-4-5-11(8-13(10)14)16-20(15,19)18-7-6-12(9-18)17(2)3/h4-5,8,12H,6-7,9H2,1-3H3/t12-,20?/m1/s1. The van der Waals surface area contributed by atoms with Crippen molar-refractivity contribution in [1.29, 1.82) is 0 Å². The van der Waals surface area contributed by atoms with Crippen molar-refractivity contribution in [1.82, 2.24) is 9.21 Å². The first kappa shape index (κ1) is 15.7. The minimum atomic E-state index is -3.89. The lowest BCUT2D eigenvalue weighted by atomic mass is 10.2. The van der Waals surface area contributed by atoms with Gasteiger partial charge in [0.05, 0.1) is 5.69 Å². The predicted molar refractivity (Wildman–Crippen MR) is 81.2 cm³/mol. The van der Waals surface area contributed by atoms with Crippen LogP contribution in [0, 0.1) is 6.92 Å². The molecule has 1 aromatic rings. The fourth-order valence-electron chi connectivity index (χ4n) is 2.16. The Balaban J connectivity index is 2.23.